The Hall–Kier alpha value is -2.01. The largest absolute Gasteiger partial charge is 0.416 e. The molecule has 0 aromatic heterocycles. The van der Waals surface area contributed by atoms with Crippen molar-refractivity contribution in [3.05, 3.63) is 64.7 Å². The van der Waals surface area contributed by atoms with Crippen molar-refractivity contribution in [2.24, 2.45) is 0 Å². The van der Waals surface area contributed by atoms with Crippen LogP contribution < -0.4 is 5.73 Å². The summed E-state index contributed by atoms with van der Waals surface area (Å²) in [5, 5.41) is 0. The Kier molecular flexibility index (Phi) is 3.37. The van der Waals surface area contributed by atoms with Gasteiger partial charge in [-0.05, 0) is 34.9 Å². The highest BCUT2D eigenvalue weighted by Crippen LogP contribution is 2.31. The van der Waals surface area contributed by atoms with Gasteiger partial charge < -0.3 is 5.73 Å². The monoisotopic (exact) mass is 292 g/mol. The van der Waals surface area contributed by atoms with Crippen molar-refractivity contribution < 1.29 is 13.2 Å². The molecule has 1 heterocycles. The van der Waals surface area contributed by atoms with Crippen molar-refractivity contribution in [2.75, 3.05) is 5.73 Å². The first kappa shape index (κ1) is 13.9. The standard InChI is InChI=1S/C16H15F3N2/c17-16(18,19)13-6-4-11(5-7-13)8-21-9-12-2-1-3-15(20)14(12)10-21/h1-7H,8-10,20H2. The topological polar surface area (TPSA) is 29.3 Å². The summed E-state index contributed by atoms with van der Waals surface area (Å²) in [6, 6.07) is 11.2. The van der Waals surface area contributed by atoms with Gasteiger partial charge in [0.25, 0.3) is 0 Å². The summed E-state index contributed by atoms with van der Waals surface area (Å²) in [7, 11) is 0. The predicted molar refractivity (Wildman–Crippen MR) is 75.2 cm³/mol. The van der Waals surface area contributed by atoms with Crippen LogP contribution in [0.15, 0.2) is 42.5 Å². The predicted octanol–water partition coefficient (Wildman–Crippen LogP) is 3.80. The molecular formula is C16H15F3N2. The molecule has 3 rings (SSSR count). The molecule has 1 aliphatic rings. The van der Waals surface area contributed by atoms with Crippen molar-refractivity contribution in [1.29, 1.82) is 0 Å². The van der Waals surface area contributed by atoms with Crippen LogP contribution in [0.4, 0.5) is 18.9 Å². The number of anilines is 1. The number of alkyl halides is 3. The second-order valence-electron chi connectivity index (χ2n) is 5.32. The molecule has 2 N–H and O–H groups in total. The molecule has 2 nitrogen and oxygen atoms in total. The average Bonchev–Trinajstić information content (AvgIpc) is 2.82. The number of hydrogen-bond acceptors (Lipinski definition) is 2. The van der Waals surface area contributed by atoms with Crippen LogP contribution >= 0.6 is 0 Å². The smallest absolute Gasteiger partial charge is 0.398 e. The van der Waals surface area contributed by atoms with Gasteiger partial charge in [-0.25, -0.2) is 0 Å². The Balaban J connectivity index is 1.71. The zero-order valence-corrected chi connectivity index (χ0v) is 11.3. The number of halogens is 3. The molecule has 21 heavy (non-hydrogen) atoms. The number of nitrogens with two attached hydrogens (primary N) is 1. The SMILES string of the molecule is Nc1cccc2c1CN(Cc1ccc(C(F)(F)F)cc1)C2. The molecule has 0 fully saturated rings. The fourth-order valence-corrected chi connectivity index (χ4v) is 2.69. The van der Waals surface area contributed by atoms with Crippen LogP contribution in [0, 0.1) is 0 Å². The van der Waals surface area contributed by atoms with E-state index >= 15 is 0 Å². The molecular weight excluding hydrogens is 277 g/mol. The Morgan fingerprint density at radius 2 is 1.71 bits per heavy atom. The lowest BCUT2D eigenvalue weighted by molar-refractivity contribution is -0.137. The number of fused-ring (bicyclic) bond motifs is 1. The summed E-state index contributed by atoms with van der Waals surface area (Å²) in [5.74, 6) is 0. The number of benzene rings is 2. The highest BCUT2D eigenvalue weighted by Gasteiger charge is 2.30. The number of hydrogen-bond donors (Lipinski definition) is 1. The Morgan fingerprint density at radius 3 is 2.33 bits per heavy atom. The van der Waals surface area contributed by atoms with E-state index in [-0.39, 0.29) is 0 Å². The van der Waals surface area contributed by atoms with Crippen LogP contribution in [0.3, 0.4) is 0 Å². The van der Waals surface area contributed by atoms with Crippen molar-refractivity contribution in [3.63, 3.8) is 0 Å². The lowest BCUT2D eigenvalue weighted by Crippen LogP contribution is -2.16. The molecule has 0 aliphatic carbocycles. The van der Waals surface area contributed by atoms with Gasteiger partial charge in [0.15, 0.2) is 0 Å². The first-order chi connectivity index (χ1) is 9.93. The van der Waals surface area contributed by atoms with Crippen molar-refractivity contribution in [3.8, 4) is 0 Å². The molecule has 0 atom stereocenters. The Bertz CT molecular complexity index is 648. The lowest BCUT2D eigenvalue weighted by atomic mass is 10.1. The zero-order chi connectivity index (χ0) is 15.0. The van der Waals surface area contributed by atoms with Gasteiger partial charge in [-0.1, -0.05) is 24.3 Å². The number of rotatable bonds is 2. The highest BCUT2D eigenvalue weighted by atomic mass is 19.4. The molecule has 0 spiro atoms. The summed E-state index contributed by atoms with van der Waals surface area (Å²) >= 11 is 0. The molecule has 0 unspecified atom stereocenters. The second kappa shape index (κ2) is 5.07. The second-order valence-corrected chi connectivity index (χ2v) is 5.32. The van der Waals surface area contributed by atoms with Gasteiger partial charge in [-0.15, -0.1) is 0 Å². The summed E-state index contributed by atoms with van der Waals surface area (Å²) in [5.41, 5.74) is 9.31. The maximum Gasteiger partial charge on any atom is 0.416 e. The quantitative estimate of drug-likeness (QED) is 0.853. The highest BCUT2D eigenvalue weighted by molar-refractivity contribution is 5.52. The van der Waals surface area contributed by atoms with Gasteiger partial charge in [0.1, 0.15) is 0 Å². The molecule has 110 valence electrons. The van der Waals surface area contributed by atoms with E-state index in [1.165, 1.54) is 17.7 Å². The molecule has 0 saturated heterocycles. The fraction of sp³-hybridized carbons (Fsp3) is 0.250. The van der Waals surface area contributed by atoms with Crippen LogP contribution in [-0.4, -0.2) is 4.90 Å². The molecule has 0 amide bonds. The first-order valence-corrected chi connectivity index (χ1v) is 6.68. The third kappa shape index (κ3) is 2.88. The van der Waals surface area contributed by atoms with E-state index in [2.05, 4.69) is 4.90 Å². The van der Waals surface area contributed by atoms with Crippen molar-refractivity contribution >= 4 is 5.69 Å². The maximum absolute atomic E-state index is 12.5. The van der Waals surface area contributed by atoms with E-state index in [1.807, 2.05) is 18.2 Å². The van der Waals surface area contributed by atoms with Crippen LogP contribution in [0.2, 0.25) is 0 Å². The van der Waals surface area contributed by atoms with E-state index in [0.717, 1.165) is 42.0 Å². The van der Waals surface area contributed by atoms with Gasteiger partial charge in [-0.3, -0.25) is 4.90 Å². The van der Waals surface area contributed by atoms with Gasteiger partial charge in [0, 0.05) is 25.3 Å². The van der Waals surface area contributed by atoms with Crippen LogP contribution in [0.1, 0.15) is 22.3 Å². The molecule has 2 aromatic carbocycles. The lowest BCUT2D eigenvalue weighted by Gasteiger charge is -2.15. The van der Waals surface area contributed by atoms with E-state index in [0.29, 0.717) is 6.54 Å². The number of nitrogens with zero attached hydrogens (tertiary/aromatic N) is 1. The minimum atomic E-state index is -4.28. The molecule has 0 saturated carbocycles. The van der Waals surface area contributed by atoms with Gasteiger partial charge in [0.2, 0.25) is 0 Å². The molecule has 0 bridgehead atoms. The maximum atomic E-state index is 12.5. The minimum Gasteiger partial charge on any atom is -0.398 e. The van der Waals surface area contributed by atoms with E-state index in [1.54, 1.807) is 0 Å². The van der Waals surface area contributed by atoms with Crippen molar-refractivity contribution in [1.82, 2.24) is 4.90 Å². The van der Waals surface area contributed by atoms with E-state index in [9.17, 15) is 13.2 Å². The van der Waals surface area contributed by atoms with Gasteiger partial charge in [-0.2, -0.15) is 13.2 Å². The summed E-state index contributed by atoms with van der Waals surface area (Å²) in [4.78, 5) is 2.17. The first-order valence-electron chi connectivity index (χ1n) is 6.68. The molecule has 2 aromatic rings. The molecule has 1 aliphatic heterocycles. The van der Waals surface area contributed by atoms with Gasteiger partial charge in [0.05, 0.1) is 5.56 Å². The van der Waals surface area contributed by atoms with Crippen LogP contribution in [0.5, 0.6) is 0 Å². The third-order valence-corrected chi connectivity index (χ3v) is 3.77. The van der Waals surface area contributed by atoms with Gasteiger partial charge >= 0.3 is 6.18 Å². The Morgan fingerprint density at radius 1 is 1.00 bits per heavy atom. The van der Waals surface area contributed by atoms with Crippen molar-refractivity contribution in [2.45, 2.75) is 25.8 Å². The summed E-state index contributed by atoms with van der Waals surface area (Å²) in [6.45, 7) is 2.14. The average molecular weight is 292 g/mol. The number of nitrogen functional groups attached to an aromatic ring is 1. The normalized spacial score (nSPS) is 15.2. The van der Waals surface area contributed by atoms with E-state index < -0.39 is 11.7 Å². The summed E-state index contributed by atoms with van der Waals surface area (Å²) in [6.07, 6.45) is -4.28. The molecule has 0 radical (unpaired) electrons. The fourth-order valence-electron chi connectivity index (χ4n) is 2.69. The molecule has 5 heteroatoms. The summed E-state index contributed by atoms with van der Waals surface area (Å²) < 4.78 is 37.6. The van der Waals surface area contributed by atoms with E-state index in [4.69, 9.17) is 5.73 Å². The minimum absolute atomic E-state index is 0.611. The third-order valence-electron chi connectivity index (χ3n) is 3.77. The Labute approximate surface area is 121 Å². The van der Waals surface area contributed by atoms with Crippen LogP contribution in [0.25, 0.3) is 0 Å². The van der Waals surface area contributed by atoms with Crippen LogP contribution in [-0.2, 0) is 25.8 Å². The zero-order valence-electron chi connectivity index (χ0n) is 11.3.